The molecule has 1 atom stereocenters. The van der Waals surface area contributed by atoms with Crippen molar-refractivity contribution in [2.24, 2.45) is 7.05 Å². The van der Waals surface area contributed by atoms with Gasteiger partial charge in [0.2, 0.25) is 0 Å². The molecule has 1 saturated heterocycles. The molecule has 11 nitrogen and oxygen atoms in total. The first kappa shape index (κ1) is 19.6. The Balaban J connectivity index is 1.30. The van der Waals surface area contributed by atoms with E-state index in [1.54, 1.807) is 43.6 Å². The van der Waals surface area contributed by atoms with E-state index >= 15 is 0 Å². The number of carbonyl (C=O) groups excluding carboxylic acids is 1. The molecule has 4 heterocycles. The number of aryl methyl sites for hydroxylation is 1. The number of halogens is 1. The highest BCUT2D eigenvalue weighted by atomic mass is 19.1. The van der Waals surface area contributed by atoms with Crippen molar-refractivity contribution < 1.29 is 23.2 Å². The average molecular weight is 437 g/mol. The molecule has 0 aliphatic carbocycles. The van der Waals surface area contributed by atoms with Crippen molar-refractivity contribution in [1.29, 1.82) is 0 Å². The van der Waals surface area contributed by atoms with Crippen LogP contribution in [0.1, 0.15) is 0 Å². The van der Waals surface area contributed by atoms with E-state index < -0.39 is 18.0 Å². The Morgan fingerprint density at radius 3 is 2.84 bits per heavy atom. The van der Waals surface area contributed by atoms with Gasteiger partial charge in [-0.1, -0.05) is 6.07 Å². The summed E-state index contributed by atoms with van der Waals surface area (Å²) in [7, 11) is 1.71. The number of carbonyl (C=O) groups is 1. The maximum Gasteiger partial charge on any atom is 0.414 e. The molecule has 1 aliphatic heterocycles. The molecule has 162 valence electrons. The maximum atomic E-state index is 14.9. The molecular formula is C20H16FN7O4. The zero-order chi connectivity index (χ0) is 22.1. The topological polar surface area (TPSA) is 121 Å². The molecule has 1 fully saturated rings. The summed E-state index contributed by atoms with van der Waals surface area (Å²) in [6.45, 7) is 0.325. The monoisotopic (exact) mass is 437 g/mol. The highest BCUT2D eigenvalue weighted by Crippen LogP contribution is 2.29. The Morgan fingerprint density at radius 2 is 2.16 bits per heavy atom. The van der Waals surface area contributed by atoms with Crippen LogP contribution in [0.5, 0.6) is 5.88 Å². The lowest BCUT2D eigenvalue weighted by Crippen LogP contribution is -2.26. The third-order valence-electron chi connectivity index (χ3n) is 4.89. The first-order valence-electron chi connectivity index (χ1n) is 9.58. The Labute approximate surface area is 180 Å². The first-order valence-corrected chi connectivity index (χ1v) is 9.58. The van der Waals surface area contributed by atoms with Crippen molar-refractivity contribution in [3.05, 3.63) is 54.7 Å². The van der Waals surface area contributed by atoms with Gasteiger partial charge < -0.3 is 14.0 Å². The Kier molecular flexibility index (Phi) is 4.94. The van der Waals surface area contributed by atoms with E-state index in [1.165, 1.54) is 21.9 Å². The molecule has 0 unspecified atom stereocenters. The second-order valence-electron chi connectivity index (χ2n) is 6.99. The first-order chi connectivity index (χ1) is 15.6. The number of amides is 1. The van der Waals surface area contributed by atoms with E-state index in [2.05, 4.69) is 30.2 Å². The molecule has 0 N–H and O–H groups in total. The van der Waals surface area contributed by atoms with Crippen molar-refractivity contribution in [2.75, 3.05) is 18.1 Å². The van der Waals surface area contributed by atoms with Crippen molar-refractivity contribution in [2.45, 2.75) is 6.10 Å². The number of aromatic nitrogens is 6. The van der Waals surface area contributed by atoms with Crippen LogP contribution in [0.15, 0.2) is 53.4 Å². The molecule has 0 bridgehead atoms. The summed E-state index contributed by atoms with van der Waals surface area (Å²) in [6.07, 6.45) is 1.83. The van der Waals surface area contributed by atoms with Gasteiger partial charge in [0.05, 0.1) is 12.2 Å². The normalized spacial score (nSPS) is 15.8. The number of hydrogen-bond acceptors (Lipinski definition) is 9. The minimum Gasteiger partial charge on any atom is -0.471 e. The molecular weight excluding hydrogens is 421 g/mol. The van der Waals surface area contributed by atoms with Crippen LogP contribution >= 0.6 is 0 Å². The fourth-order valence-corrected chi connectivity index (χ4v) is 3.31. The fourth-order valence-electron chi connectivity index (χ4n) is 3.31. The van der Waals surface area contributed by atoms with Gasteiger partial charge in [0.15, 0.2) is 11.9 Å². The predicted molar refractivity (Wildman–Crippen MR) is 107 cm³/mol. The Hall–Kier alpha value is -4.35. The molecule has 0 spiro atoms. The van der Waals surface area contributed by atoms with E-state index in [0.717, 1.165) is 0 Å². The summed E-state index contributed by atoms with van der Waals surface area (Å²) in [6, 6.07) is 9.53. The third-order valence-corrected chi connectivity index (χ3v) is 4.89. The zero-order valence-corrected chi connectivity index (χ0v) is 16.8. The van der Waals surface area contributed by atoms with E-state index in [-0.39, 0.29) is 13.2 Å². The number of rotatable bonds is 6. The summed E-state index contributed by atoms with van der Waals surface area (Å²) in [5, 5.41) is 14.9. The van der Waals surface area contributed by atoms with Gasteiger partial charge in [-0.3, -0.25) is 9.88 Å². The average Bonchev–Trinajstić information content (AvgIpc) is 3.54. The van der Waals surface area contributed by atoms with Crippen LogP contribution in [-0.2, 0) is 11.8 Å². The zero-order valence-electron chi connectivity index (χ0n) is 16.8. The van der Waals surface area contributed by atoms with Gasteiger partial charge in [-0.25, -0.2) is 13.9 Å². The summed E-state index contributed by atoms with van der Waals surface area (Å²) < 4.78 is 31.8. The standard InChI is InChI=1S/C20H16FN7O4/c1-27-19(23-25-26-27)17-5-2-12(9-22-17)15-4-3-13(8-16(15)21)28-10-14(32-20(28)29)11-30-18-6-7-31-24-18/h2-9,14H,10-11H2,1H3/t14-/m1/s1. The van der Waals surface area contributed by atoms with Crippen LogP contribution in [0.25, 0.3) is 22.6 Å². The molecule has 4 aromatic rings. The van der Waals surface area contributed by atoms with Crippen LogP contribution in [0.3, 0.4) is 0 Å². The summed E-state index contributed by atoms with van der Waals surface area (Å²) in [5.41, 5.74) is 1.88. The van der Waals surface area contributed by atoms with Gasteiger partial charge in [-0.05, 0) is 39.8 Å². The molecule has 0 radical (unpaired) electrons. The largest absolute Gasteiger partial charge is 0.471 e. The fraction of sp³-hybridized carbons (Fsp3) is 0.200. The SMILES string of the molecule is Cn1nnnc1-c1ccc(-c2ccc(N3C[C@H](COc4ccon4)OC3=O)cc2F)cn1. The highest BCUT2D eigenvalue weighted by Gasteiger charge is 2.33. The van der Waals surface area contributed by atoms with Crippen molar-refractivity contribution >= 4 is 11.8 Å². The molecule has 1 aliphatic rings. The van der Waals surface area contributed by atoms with Crippen LogP contribution in [0, 0.1) is 5.82 Å². The van der Waals surface area contributed by atoms with Gasteiger partial charge in [0.25, 0.3) is 5.88 Å². The number of tetrazole rings is 1. The molecule has 0 saturated carbocycles. The molecule has 5 rings (SSSR count). The minimum atomic E-state index is -0.575. The van der Waals surface area contributed by atoms with Gasteiger partial charge in [-0.15, -0.1) is 5.10 Å². The quantitative estimate of drug-likeness (QED) is 0.448. The number of cyclic esters (lactones) is 1. The lowest BCUT2D eigenvalue weighted by molar-refractivity contribution is 0.102. The van der Waals surface area contributed by atoms with Gasteiger partial charge in [0, 0.05) is 30.4 Å². The maximum absolute atomic E-state index is 14.9. The molecule has 3 aromatic heterocycles. The highest BCUT2D eigenvalue weighted by molar-refractivity contribution is 5.90. The van der Waals surface area contributed by atoms with Crippen LogP contribution < -0.4 is 9.64 Å². The molecule has 32 heavy (non-hydrogen) atoms. The summed E-state index contributed by atoms with van der Waals surface area (Å²) >= 11 is 0. The number of nitrogens with zero attached hydrogens (tertiary/aromatic N) is 7. The number of benzene rings is 1. The third kappa shape index (κ3) is 3.73. The van der Waals surface area contributed by atoms with E-state index in [4.69, 9.17) is 9.47 Å². The van der Waals surface area contributed by atoms with Gasteiger partial charge >= 0.3 is 6.09 Å². The van der Waals surface area contributed by atoms with Crippen molar-refractivity contribution in [3.63, 3.8) is 0 Å². The number of anilines is 1. The van der Waals surface area contributed by atoms with Crippen molar-refractivity contribution in [1.82, 2.24) is 30.3 Å². The van der Waals surface area contributed by atoms with E-state index in [1.807, 2.05) is 0 Å². The predicted octanol–water partition coefficient (Wildman–Crippen LogP) is 2.47. The second-order valence-corrected chi connectivity index (χ2v) is 6.99. The number of hydrogen-bond donors (Lipinski definition) is 0. The second kappa shape index (κ2) is 8.06. The van der Waals surface area contributed by atoms with E-state index in [0.29, 0.717) is 34.2 Å². The number of pyridine rings is 1. The molecule has 1 aromatic carbocycles. The molecule has 1 amide bonds. The van der Waals surface area contributed by atoms with Gasteiger partial charge in [0.1, 0.15) is 24.4 Å². The minimum absolute atomic E-state index is 0.106. The van der Waals surface area contributed by atoms with Crippen molar-refractivity contribution in [3.8, 4) is 28.5 Å². The molecule has 12 heteroatoms. The summed E-state index contributed by atoms with van der Waals surface area (Å²) in [5.74, 6) is 0.305. The smallest absolute Gasteiger partial charge is 0.414 e. The van der Waals surface area contributed by atoms with Crippen LogP contribution in [-0.4, -0.2) is 55.7 Å². The lowest BCUT2D eigenvalue weighted by Gasteiger charge is -2.14. The van der Waals surface area contributed by atoms with E-state index in [9.17, 15) is 9.18 Å². The van der Waals surface area contributed by atoms with Gasteiger partial charge in [-0.2, -0.15) is 0 Å². The van der Waals surface area contributed by atoms with Crippen LogP contribution in [0.2, 0.25) is 0 Å². The Bertz CT molecular complexity index is 1240. The lowest BCUT2D eigenvalue weighted by atomic mass is 10.1. The van der Waals surface area contributed by atoms with Crippen LogP contribution in [0.4, 0.5) is 14.9 Å². The number of ether oxygens (including phenoxy) is 2. The summed E-state index contributed by atoms with van der Waals surface area (Å²) in [4.78, 5) is 17.9. The Morgan fingerprint density at radius 1 is 1.25 bits per heavy atom.